The van der Waals surface area contributed by atoms with Gasteiger partial charge in [-0.05, 0) is 48.5 Å². The van der Waals surface area contributed by atoms with Crippen LogP contribution in [0.2, 0.25) is 0 Å². The lowest BCUT2D eigenvalue weighted by Gasteiger charge is -2.05. The van der Waals surface area contributed by atoms with Gasteiger partial charge in [0.25, 0.3) is 0 Å². The van der Waals surface area contributed by atoms with E-state index in [1.165, 1.54) is 24.3 Å². The second-order valence-corrected chi connectivity index (χ2v) is 6.60. The van der Waals surface area contributed by atoms with Crippen molar-refractivity contribution in [1.82, 2.24) is 10.2 Å². The molecule has 0 atom stereocenters. The molecule has 0 saturated heterocycles. The molecule has 0 fully saturated rings. The maximum Gasteiger partial charge on any atom is 0.325 e. The fraction of sp³-hybridized carbons (Fsp3) is 0.111. The molecular weight excluding hydrogens is 385 g/mol. The van der Waals surface area contributed by atoms with Crippen LogP contribution in [-0.4, -0.2) is 29.2 Å². The van der Waals surface area contributed by atoms with Crippen LogP contribution < -0.4 is 20.7 Å². The minimum atomic E-state index is -0.544. The second kappa shape index (κ2) is 8.91. The molecule has 1 heterocycles. The first kappa shape index (κ1) is 19.2. The van der Waals surface area contributed by atoms with Gasteiger partial charge in [0.05, 0.1) is 13.5 Å². The van der Waals surface area contributed by atoms with E-state index >= 15 is 0 Å². The predicted octanol–water partition coefficient (Wildman–Crippen LogP) is 3.51. The molecule has 0 saturated carbocycles. The van der Waals surface area contributed by atoms with E-state index in [9.17, 15) is 14.0 Å². The summed E-state index contributed by atoms with van der Waals surface area (Å²) in [4.78, 5) is 24.0. The SMILES string of the molecule is COc1ccc(NC(=O)Cc2nnc(NC(=O)Nc3ccc(F)cc3)s2)cc1. The first-order valence-corrected chi connectivity index (χ1v) is 8.93. The highest BCUT2D eigenvalue weighted by molar-refractivity contribution is 7.15. The Hall–Kier alpha value is -3.53. The number of halogens is 1. The molecular formula is C18H16FN5O3S. The number of hydrogen-bond donors (Lipinski definition) is 3. The summed E-state index contributed by atoms with van der Waals surface area (Å²) in [6, 6.07) is 11.7. The van der Waals surface area contributed by atoms with Crippen molar-refractivity contribution in [2.45, 2.75) is 6.42 Å². The largest absolute Gasteiger partial charge is 0.497 e. The van der Waals surface area contributed by atoms with Gasteiger partial charge >= 0.3 is 6.03 Å². The van der Waals surface area contributed by atoms with Gasteiger partial charge in [0, 0.05) is 11.4 Å². The zero-order valence-electron chi connectivity index (χ0n) is 14.7. The van der Waals surface area contributed by atoms with Gasteiger partial charge in [0.2, 0.25) is 11.0 Å². The molecule has 3 amide bonds. The summed E-state index contributed by atoms with van der Waals surface area (Å²) < 4.78 is 17.9. The smallest absolute Gasteiger partial charge is 0.325 e. The molecule has 3 N–H and O–H groups in total. The van der Waals surface area contributed by atoms with E-state index in [0.717, 1.165) is 11.3 Å². The van der Waals surface area contributed by atoms with Crippen molar-refractivity contribution in [1.29, 1.82) is 0 Å². The lowest BCUT2D eigenvalue weighted by molar-refractivity contribution is -0.115. The van der Waals surface area contributed by atoms with Crippen LogP contribution in [0.3, 0.4) is 0 Å². The van der Waals surface area contributed by atoms with Gasteiger partial charge < -0.3 is 15.4 Å². The minimum Gasteiger partial charge on any atom is -0.497 e. The first-order chi connectivity index (χ1) is 13.5. The molecule has 28 heavy (non-hydrogen) atoms. The van der Waals surface area contributed by atoms with E-state index in [1.54, 1.807) is 31.4 Å². The molecule has 2 aromatic carbocycles. The topological polar surface area (TPSA) is 105 Å². The van der Waals surface area contributed by atoms with Crippen LogP contribution in [0, 0.1) is 5.82 Å². The van der Waals surface area contributed by atoms with Crippen LogP contribution in [-0.2, 0) is 11.2 Å². The molecule has 0 aliphatic carbocycles. The third-order valence-corrected chi connectivity index (χ3v) is 4.31. The summed E-state index contributed by atoms with van der Waals surface area (Å²) in [5.41, 5.74) is 1.06. The Morgan fingerprint density at radius 3 is 2.29 bits per heavy atom. The summed E-state index contributed by atoms with van der Waals surface area (Å²) in [6.07, 6.45) is 0.0188. The standard InChI is InChI=1S/C18H16FN5O3S/c1-27-14-8-6-12(7-9-14)20-15(25)10-16-23-24-18(28-16)22-17(26)21-13-4-2-11(19)3-5-13/h2-9H,10H2,1H3,(H,20,25)(H2,21,22,24,26). The Labute approximate surface area is 163 Å². The highest BCUT2D eigenvalue weighted by Crippen LogP contribution is 2.18. The first-order valence-electron chi connectivity index (χ1n) is 8.11. The van der Waals surface area contributed by atoms with Crippen LogP contribution in [0.5, 0.6) is 5.75 Å². The molecule has 0 spiro atoms. The Morgan fingerprint density at radius 2 is 1.61 bits per heavy atom. The van der Waals surface area contributed by atoms with Crippen molar-refractivity contribution < 1.29 is 18.7 Å². The van der Waals surface area contributed by atoms with Gasteiger partial charge in [-0.1, -0.05) is 11.3 Å². The maximum atomic E-state index is 12.9. The lowest BCUT2D eigenvalue weighted by Crippen LogP contribution is -2.19. The van der Waals surface area contributed by atoms with Crippen molar-refractivity contribution in [3.63, 3.8) is 0 Å². The second-order valence-electron chi connectivity index (χ2n) is 5.54. The van der Waals surface area contributed by atoms with E-state index in [2.05, 4.69) is 26.1 Å². The monoisotopic (exact) mass is 401 g/mol. The Balaban J connectivity index is 1.50. The van der Waals surface area contributed by atoms with Gasteiger partial charge in [-0.25, -0.2) is 9.18 Å². The third kappa shape index (κ3) is 5.48. The van der Waals surface area contributed by atoms with Crippen LogP contribution in [0.15, 0.2) is 48.5 Å². The average molecular weight is 401 g/mol. The van der Waals surface area contributed by atoms with Crippen molar-refractivity contribution in [3.8, 4) is 5.75 Å². The van der Waals surface area contributed by atoms with E-state index < -0.39 is 11.8 Å². The maximum absolute atomic E-state index is 12.9. The Morgan fingerprint density at radius 1 is 0.964 bits per heavy atom. The zero-order chi connectivity index (χ0) is 19.9. The van der Waals surface area contributed by atoms with E-state index in [-0.39, 0.29) is 17.5 Å². The molecule has 0 bridgehead atoms. The van der Waals surface area contributed by atoms with E-state index in [4.69, 9.17) is 4.74 Å². The number of aromatic nitrogens is 2. The van der Waals surface area contributed by atoms with Crippen LogP contribution in [0.1, 0.15) is 5.01 Å². The molecule has 0 aliphatic heterocycles. The number of carbonyl (C=O) groups is 2. The number of nitrogens with zero attached hydrogens (tertiary/aromatic N) is 2. The van der Waals surface area contributed by atoms with Crippen LogP contribution in [0.4, 0.5) is 25.7 Å². The number of methoxy groups -OCH3 is 1. The molecule has 3 rings (SSSR count). The quantitative estimate of drug-likeness (QED) is 0.586. The average Bonchev–Trinajstić information content (AvgIpc) is 3.10. The number of urea groups is 1. The summed E-state index contributed by atoms with van der Waals surface area (Å²) in [7, 11) is 1.56. The van der Waals surface area contributed by atoms with Gasteiger partial charge in [-0.2, -0.15) is 0 Å². The summed E-state index contributed by atoms with van der Waals surface area (Å²) in [5, 5.41) is 16.2. The minimum absolute atomic E-state index is 0.0188. The molecule has 144 valence electrons. The highest BCUT2D eigenvalue weighted by atomic mass is 32.1. The third-order valence-electron chi connectivity index (χ3n) is 3.47. The van der Waals surface area contributed by atoms with E-state index in [1.807, 2.05) is 0 Å². The molecule has 10 heteroatoms. The number of carbonyl (C=O) groups excluding carboxylic acids is 2. The van der Waals surface area contributed by atoms with Gasteiger partial charge in [-0.15, -0.1) is 10.2 Å². The summed E-state index contributed by atoms with van der Waals surface area (Å²) in [6.45, 7) is 0. The summed E-state index contributed by atoms with van der Waals surface area (Å²) in [5.74, 6) is 0.0352. The molecule has 8 nitrogen and oxygen atoms in total. The normalized spacial score (nSPS) is 10.2. The van der Waals surface area contributed by atoms with Crippen LogP contribution in [0.25, 0.3) is 0 Å². The number of nitrogens with one attached hydrogen (secondary N) is 3. The van der Waals surface area contributed by atoms with Crippen molar-refractivity contribution in [3.05, 3.63) is 59.4 Å². The molecule has 0 aliphatic rings. The number of hydrogen-bond acceptors (Lipinski definition) is 6. The molecule has 3 aromatic rings. The fourth-order valence-electron chi connectivity index (χ4n) is 2.19. The van der Waals surface area contributed by atoms with Crippen molar-refractivity contribution in [2.24, 2.45) is 0 Å². The Kier molecular flexibility index (Phi) is 6.12. The molecule has 0 unspecified atom stereocenters. The van der Waals surface area contributed by atoms with Crippen LogP contribution >= 0.6 is 11.3 Å². The summed E-state index contributed by atoms with van der Waals surface area (Å²) >= 11 is 1.08. The fourth-order valence-corrected chi connectivity index (χ4v) is 2.92. The number of ether oxygens (including phenoxy) is 1. The van der Waals surface area contributed by atoms with Crippen molar-refractivity contribution >= 4 is 39.8 Å². The number of benzene rings is 2. The number of rotatable bonds is 6. The molecule has 0 radical (unpaired) electrons. The number of amides is 3. The lowest BCUT2D eigenvalue weighted by atomic mass is 10.3. The number of anilines is 3. The highest BCUT2D eigenvalue weighted by Gasteiger charge is 2.12. The van der Waals surface area contributed by atoms with E-state index in [0.29, 0.717) is 22.1 Å². The molecule has 1 aromatic heterocycles. The van der Waals surface area contributed by atoms with Gasteiger partial charge in [0.1, 0.15) is 16.6 Å². The Bertz CT molecular complexity index is 960. The van der Waals surface area contributed by atoms with Gasteiger partial charge in [-0.3, -0.25) is 10.1 Å². The predicted molar refractivity (Wildman–Crippen MR) is 104 cm³/mol. The van der Waals surface area contributed by atoms with Gasteiger partial charge in [0.15, 0.2) is 0 Å². The van der Waals surface area contributed by atoms with Crippen molar-refractivity contribution in [2.75, 3.05) is 23.1 Å². The zero-order valence-corrected chi connectivity index (χ0v) is 15.5.